The smallest absolute Gasteiger partial charge is 0.384 e. The topological polar surface area (TPSA) is 77.2 Å². The molecular formula is C18H20F3N5O. The van der Waals surface area contributed by atoms with Crippen molar-refractivity contribution >= 4 is 11.8 Å². The second-order valence-corrected chi connectivity index (χ2v) is 7.25. The van der Waals surface area contributed by atoms with Crippen LogP contribution in [0.3, 0.4) is 0 Å². The zero-order chi connectivity index (χ0) is 19.2. The quantitative estimate of drug-likeness (QED) is 0.883. The molecule has 0 unspecified atom stereocenters. The van der Waals surface area contributed by atoms with Gasteiger partial charge in [-0.25, -0.2) is 15.0 Å². The van der Waals surface area contributed by atoms with Crippen molar-refractivity contribution in [3.8, 4) is 11.3 Å². The molecule has 0 atom stereocenters. The molecule has 2 fully saturated rings. The van der Waals surface area contributed by atoms with Crippen LogP contribution < -0.4 is 10.6 Å². The number of nitrogens with zero attached hydrogens (tertiary/aromatic N) is 4. The number of hydrogen-bond donors (Lipinski definition) is 1. The zero-order valence-electron chi connectivity index (χ0n) is 14.9. The SMILES string of the molecule is CC1(c2cc(-c3cnc(N)cc3C(F)(F)F)nc(N3CCOCC3)n2)CC1. The van der Waals surface area contributed by atoms with E-state index in [9.17, 15) is 13.2 Å². The van der Waals surface area contributed by atoms with E-state index < -0.39 is 11.7 Å². The average molecular weight is 379 g/mol. The van der Waals surface area contributed by atoms with Gasteiger partial charge in [-0.15, -0.1) is 0 Å². The van der Waals surface area contributed by atoms with E-state index in [0.29, 0.717) is 32.3 Å². The van der Waals surface area contributed by atoms with E-state index in [-0.39, 0.29) is 22.5 Å². The minimum Gasteiger partial charge on any atom is -0.384 e. The van der Waals surface area contributed by atoms with Gasteiger partial charge in [-0.3, -0.25) is 0 Å². The first-order valence-electron chi connectivity index (χ1n) is 8.82. The van der Waals surface area contributed by atoms with Crippen molar-refractivity contribution in [2.75, 3.05) is 36.9 Å². The van der Waals surface area contributed by atoms with Gasteiger partial charge >= 0.3 is 6.18 Å². The van der Waals surface area contributed by atoms with Crippen molar-refractivity contribution in [3.63, 3.8) is 0 Å². The number of pyridine rings is 1. The first-order chi connectivity index (χ1) is 12.8. The minimum absolute atomic E-state index is 0.0842. The molecule has 1 aliphatic carbocycles. The molecule has 0 bridgehead atoms. The molecule has 27 heavy (non-hydrogen) atoms. The van der Waals surface area contributed by atoms with Crippen LogP contribution in [0.2, 0.25) is 0 Å². The highest BCUT2D eigenvalue weighted by Gasteiger charge is 2.42. The fourth-order valence-electron chi connectivity index (χ4n) is 3.14. The summed E-state index contributed by atoms with van der Waals surface area (Å²) in [5.74, 6) is 0.256. The molecule has 1 aliphatic heterocycles. The first-order valence-corrected chi connectivity index (χ1v) is 8.82. The molecule has 2 N–H and O–H groups in total. The lowest BCUT2D eigenvalue weighted by molar-refractivity contribution is -0.137. The van der Waals surface area contributed by atoms with Gasteiger partial charge < -0.3 is 15.4 Å². The maximum Gasteiger partial charge on any atom is 0.417 e. The number of alkyl halides is 3. The summed E-state index contributed by atoms with van der Waals surface area (Å²) in [6, 6.07) is 2.50. The second-order valence-electron chi connectivity index (χ2n) is 7.25. The predicted molar refractivity (Wildman–Crippen MR) is 94.3 cm³/mol. The van der Waals surface area contributed by atoms with Gasteiger partial charge in [0.15, 0.2) is 0 Å². The van der Waals surface area contributed by atoms with Crippen LogP contribution in [0, 0.1) is 0 Å². The summed E-state index contributed by atoms with van der Waals surface area (Å²) in [5.41, 5.74) is 5.44. The highest BCUT2D eigenvalue weighted by atomic mass is 19.4. The number of nitrogen functional groups attached to an aromatic ring is 1. The summed E-state index contributed by atoms with van der Waals surface area (Å²) in [6.07, 6.45) is -1.50. The Balaban J connectivity index is 1.85. The lowest BCUT2D eigenvalue weighted by Gasteiger charge is -2.28. The second kappa shape index (κ2) is 6.33. The summed E-state index contributed by atoms with van der Waals surface area (Å²) >= 11 is 0. The van der Waals surface area contributed by atoms with Crippen LogP contribution >= 0.6 is 0 Å². The van der Waals surface area contributed by atoms with Crippen LogP contribution in [-0.4, -0.2) is 41.3 Å². The number of morpholine rings is 1. The van der Waals surface area contributed by atoms with E-state index in [4.69, 9.17) is 10.5 Å². The van der Waals surface area contributed by atoms with Crippen molar-refractivity contribution in [2.24, 2.45) is 0 Å². The first kappa shape index (κ1) is 18.0. The fraction of sp³-hybridized carbons (Fsp3) is 0.500. The Bertz CT molecular complexity index is 861. The monoisotopic (exact) mass is 379 g/mol. The molecule has 1 saturated heterocycles. The molecule has 9 heteroatoms. The number of ether oxygens (including phenoxy) is 1. The standard InChI is InChI=1S/C18H20F3N5O/c1-17(2-3-17)14-9-13(24-16(25-14)26-4-6-27-7-5-26)11-10-23-15(22)8-12(11)18(19,20)21/h8-10H,2-7H2,1H3,(H2,22,23). The molecule has 0 radical (unpaired) electrons. The normalized spacial score (nSPS) is 19.2. The van der Waals surface area contributed by atoms with E-state index in [0.717, 1.165) is 30.8 Å². The highest BCUT2D eigenvalue weighted by Crippen LogP contribution is 2.48. The molecule has 144 valence electrons. The molecule has 1 saturated carbocycles. The Morgan fingerprint density at radius 1 is 1.15 bits per heavy atom. The summed E-state index contributed by atoms with van der Waals surface area (Å²) < 4.78 is 46.0. The van der Waals surface area contributed by atoms with E-state index in [1.54, 1.807) is 6.07 Å². The Morgan fingerprint density at radius 3 is 2.48 bits per heavy atom. The van der Waals surface area contributed by atoms with Crippen LogP contribution in [0.1, 0.15) is 31.0 Å². The summed E-state index contributed by atoms with van der Waals surface area (Å²) in [4.78, 5) is 14.9. The third-order valence-corrected chi connectivity index (χ3v) is 5.13. The maximum absolute atomic E-state index is 13.6. The number of rotatable bonds is 3. The van der Waals surface area contributed by atoms with Crippen LogP contribution in [0.25, 0.3) is 11.3 Å². The van der Waals surface area contributed by atoms with Crippen LogP contribution in [-0.2, 0) is 16.3 Å². The molecule has 0 spiro atoms. The maximum atomic E-state index is 13.6. The van der Waals surface area contributed by atoms with E-state index in [1.807, 2.05) is 4.90 Å². The largest absolute Gasteiger partial charge is 0.417 e. The Morgan fingerprint density at radius 2 is 1.85 bits per heavy atom. The van der Waals surface area contributed by atoms with Gasteiger partial charge in [0.2, 0.25) is 5.95 Å². The van der Waals surface area contributed by atoms with Gasteiger partial charge in [-0.1, -0.05) is 6.92 Å². The van der Waals surface area contributed by atoms with Gasteiger partial charge in [0.05, 0.1) is 30.2 Å². The third kappa shape index (κ3) is 3.55. The number of anilines is 2. The third-order valence-electron chi connectivity index (χ3n) is 5.13. The van der Waals surface area contributed by atoms with Crippen LogP contribution in [0.4, 0.5) is 24.9 Å². The number of nitrogens with two attached hydrogens (primary N) is 1. The molecular weight excluding hydrogens is 359 g/mol. The van der Waals surface area contributed by atoms with Crippen molar-refractivity contribution in [3.05, 3.63) is 29.6 Å². The number of hydrogen-bond acceptors (Lipinski definition) is 6. The van der Waals surface area contributed by atoms with Crippen LogP contribution in [0.5, 0.6) is 0 Å². The van der Waals surface area contributed by atoms with E-state index >= 15 is 0 Å². The van der Waals surface area contributed by atoms with Gasteiger partial charge in [0.25, 0.3) is 0 Å². The zero-order valence-corrected chi connectivity index (χ0v) is 14.9. The summed E-state index contributed by atoms with van der Waals surface area (Å²) in [7, 11) is 0. The molecule has 2 aromatic heterocycles. The van der Waals surface area contributed by atoms with Crippen LogP contribution in [0.15, 0.2) is 18.3 Å². The fourth-order valence-corrected chi connectivity index (χ4v) is 3.14. The predicted octanol–water partition coefficient (Wildman–Crippen LogP) is 3.03. The van der Waals surface area contributed by atoms with Gasteiger partial charge in [-0.2, -0.15) is 13.2 Å². The Labute approximate surface area is 154 Å². The molecule has 4 rings (SSSR count). The lowest BCUT2D eigenvalue weighted by atomic mass is 10.0. The molecule has 6 nitrogen and oxygen atoms in total. The van der Waals surface area contributed by atoms with Gasteiger partial charge in [-0.05, 0) is 25.0 Å². The van der Waals surface area contributed by atoms with Crippen molar-refractivity contribution in [1.29, 1.82) is 0 Å². The minimum atomic E-state index is -4.56. The Kier molecular flexibility index (Phi) is 4.21. The average Bonchev–Trinajstić information content (AvgIpc) is 3.40. The summed E-state index contributed by atoms with van der Waals surface area (Å²) in [6.45, 7) is 4.35. The Hall–Kier alpha value is -2.42. The van der Waals surface area contributed by atoms with E-state index in [2.05, 4.69) is 21.9 Å². The lowest BCUT2D eigenvalue weighted by Crippen LogP contribution is -2.37. The molecule has 0 aromatic carbocycles. The van der Waals surface area contributed by atoms with Crippen molar-refractivity contribution in [1.82, 2.24) is 15.0 Å². The molecule has 3 heterocycles. The van der Waals surface area contributed by atoms with Gasteiger partial charge in [0, 0.05) is 30.3 Å². The van der Waals surface area contributed by atoms with Crippen molar-refractivity contribution < 1.29 is 17.9 Å². The van der Waals surface area contributed by atoms with E-state index in [1.165, 1.54) is 0 Å². The van der Waals surface area contributed by atoms with Crippen molar-refractivity contribution in [2.45, 2.75) is 31.4 Å². The highest BCUT2D eigenvalue weighted by molar-refractivity contribution is 5.67. The number of halogens is 3. The molecule has 2 aromatic rings. The molecule has 2 aliphatic rings. The molecule has 0 amide bonds. The number of aromatic nitrogens is 3. The van der Waals surface area contributed by atoms with Gasteiger partial charge in [0.1, 0.15) is 5.82 Å². The summed E-state index contributed by atoms with van der Waals surface area (Å²) in [5, 5.41) is 0.